The fraction of sp³-hybridized carbons (Fsp3) is 0.417. The van der Waals surface area contributed by atoms with Crippen molar-refractivity contribution >= 4 is 5.97 Å². The fourth-order valence-electron chi connectivity index (χ4n) is 1.49. The highest BCUT2D eigenvalue weighted by atomic mass is 16.5. The first-order valence-corrected chi connectivity index (χ1v) is 6.22. The third kappa shape index (κ3) is 3.28. The highest BCUT2D eigenvalue weighted by Crippen LogP contribution is 2.08. The number of ether oxygens (including phenoxy) is 1. The van der Waals surface area contributed by atoms with Crippen LogP contribution in [0.5, 0.6) is 0 Å². The van der Waals surface area contributed by atoms with E-state index in [0.717, 1.165) is 17.4 Å². The molecule has 0 aliphatic carbocycles. The Morgan fingerprint density at radius 3 is 2.85 bits per heavy atom. The summed E-state index contributed by atoms with van der Waals surface area (Å²) in [5.41, 5.74) is 0. The summed E-state index contributed by atoms with van der Waals surface area (Å²) in [5, 5.41) is 3.58. The fourth-order valence-corrected chi connectivity index (χ4v) is 1.49. The van der Waals surface area contributed by atoms with Crippen LogP contribution in [0, 0.1) is 0 Å². The first kappa shape index (κ1) is 13.9. The van der Waals surface area contributed by atoms with E-state index in [1.54, 1.807) is 6.07 Å². The average molecular weight is 278 g/mol. The van der Waals surface area contributed by atoms with Gasteiger partial charge in [-0.1, -0.05) is 18.5 Å². The molecule has 2 rings (SSSR count). The molecule has 106 valence electrons. The molecule has 0 fully saturated rings. The van der Waals surface area contributed by atoms with Crippen LogP contribution in [0.2, 0.25) is 0 Å². The average Bonchev–Trinajstić information content (AvgIpc) is 2.82. The molecule has 0 aliphatic heterocycles. The number of rotatable bonds is 6. The molecule has 0 atom stereocenters. The van der Waals surface area contributed by atoms with Gasteiger partial charge in [0.25, 0.3) is 0 Å². The zero-order valence-electron chi connectivity index (χ0n) is 11.0. The number of unbranched alkanes of at least 4 members (excludes halogenated alkanes) is 1. The quantitative estimate of drug-likeness (QED) is 0.564. The van der Waals surface area contributed by atoms with Crippen molar-refractivity contribution in [2.45, 2.75) is 26.3 Å². The third-order valence-electron chi connectivity index (χ3n) is 2.50. The van der Waals surface area contributed by atoms with E-state index in [0.29, 0.717) is 6.61 Å². The van der Waals surface area contributed by atoms with Gasteiger partial charge in [0, 0.05) is 12.4 Å². The van der Waals surface area contributed by atoms with Gasteiger partial charge in [-0.05, 0) is 12.5 Å². The Morgan fingerprint density at radius 1 is 1.40 bits per heavy atom. The van der Waals surface area contributed by atoms with Crippen molar-refractivity contribution in [2.75, 3.05) is 6.61 Å². The second kappa shape index (κ2) is 6.60. The lowest BCUT2D eigenvalue weighted by atomic mass is 10.4. The molecular weight excluding hydrogens is 264 g/mol. The highest BCUT2D eigenvalue weighted by molar-refractivity contribution is 5.69. The van der Waals surface area contributed by atoms with Crippen molar-refractivity contribution in [3.05, 3.63) is 29.0 Å². The van der Waals surface area contributed by atoms with Crippen LogP contribution in [0.15, 0.2) is 27.8 Å². The number of aromatic nitrogens is 4. The zero-order valence-corrected chi connectivity index (χ0v) is 11.0. The molecule has 8 heteroatoms. The van der Waals surface area contributed by atoms with Crippen LogP contribution in [0.4, 0.5) is 0 Å². The van der Waals surface area contributed by atoms with Gasteiger partial charge in [-0.25, -0.2) is 19.3 Å². The minimum atomic E-state index is -0.750. The van der Waals surface area contributed by atoms with Crippen LogP contribution in [0.25, 0.3) is 11.6 Å². The minimum absolute atomic E-state index is 0.100. The van der Waals surface area contributed by atoms with Crippen LogP contribution >= 0.6 is 0 Å². The van der Waals surface area contributed by atoms with Gasteiger partial charge in [-0.3, -0.25) is 9.32 Å². The Hall–Kier alpha value is -2.51. The summed E-state index contributed by atoms with van der Waals surface area (Å²) in [6, 6.07) is 1.63. The monoisotopic (exact) mass is 278 g/mol. The topological polar surface area (TPSA) is 100 Å². The van der Waals surface area contributed by atoms with Crippen molar-refractivity contribution in [2.24, 2.45) is 0 Å². The summed E-state index contributed by atoms with van der Waals surface area (Å²) in [6.07, 6.45) is 4.71. The molecule has 0 radical (unpaired) electrons. The van der Waals surface area contributed by atoms with E-state index in [2.05, 4.69) is 19.6 Å². The molecule has 0 N–H and O–H groups in total. The molecule has 0 spiro atoms. The Bertz CT molecular complexity index is 620. The Kier molecular flexibility index (Phi) is 4.59. The third-order valence-corrected chi connectivity index (χ3v) is 2.50. The number of carbonyl (C=O) groups is 1. The summed E-state index contributed by atoms with van der Waals surface area (Å²) in [4.78, 5) is 31.1. The summed E-state index contributed by atoms with van der Waals surface area (Å²) in [5.74, 6) is -0.969. The molecule has 2 aromatic rings. The maximum atomic E-state index is 11.6. The van der Waals surface area contributed by atoms with E-state index in [1.807, 2.05) is 6.92 Å². The smallest absolute Gasteiger partial charge is 0.442 e. The molecule has 20 heavy (non-hydrogen) atoms. The molecule has 8 nitrogen and oxygen atoms in total. The van der Waals surface area contributed by atoms with E-state index in [4.69, 9.17) is 4.74 Å². The lowest BCUT2D eigenvalue weighted by Crippen LogP contribution is -2.23. The summed E-state index contributed by atoms with van der Waals surface area (Å²) < 4.78 is 10.6. The van der Waals surface area contributed by atoms with E-state index in [9.17, 15) is 9.59 Å². The lowest BCUT2D eigenvalue weighted by Gasteiger charge is -2.04. The van der Waals surface area contributed by atoms with Crippen molar-refractivity contribution in [3.8, 4) is 11.6 Å². The molecule has 0 unspecified atom stereocenters. The first-order valence-electron chi connectivity index (χ1n) is 6.22. The lowest BCUT2D eigenvalue weighted by molar-refractivity contribution is -0.144. The Morgan fingerprint density at radius 2 is 2.15 bits per heavy atom. The van der Waals surface area contributed by atoms with Gasteiger partial charge in [0.1, 0.15) is 6.54 Å². The first-order chi connectivity index (χ1) is 9.72. The maximum Gasteiger partial charge on any atom is 0.442 e. The number of hydrogen-bond donors (Lipinski definition) is 0. The van der Waals surface area contributed by atoms with Crippen LogP contribution < -0.4 is 5.76 Å². The van der Waals surface area contributed by atoms with Crippen LogP contribution in [-0.4, -0.2) is 32.3 Å². The predicted molar refractivity (Wildman–Crippen MR) is 67.7 cm³/mol. The number of carbonyl (C=O) groups excluding carboxylic acids is 1. The summed E-state index contributed by atoms with van der Waals surface area (Å²) >= 11 is 0. The number of esters is 1. The molecule has 2 heterocycles. The van der Waals surface area contributed by atoms with Gasteiger partial charge in [0.15, 0.2) is 5.82 Å². The standard InChI is InChI=1S/C12H14N4O4/c1-2-3-7-19-9(17)8-16-11(15-20-12(16)18)10-13-5-4-6-14-10/h4-6H,2-3,7-8H2,1H3. The predicted octanol–water partition coefficient (Wildman–Crippen LogP) is 0.637. The molecule has 0 amide bonds. The van der Waals surface area contributed by atoms with Gasteiger partial charge in [-0.15, -0.1) is 0 Å². The Balaban J connectivity index is 2.14. The van der Waals surface area contributed by atoms with Gasteiger partial charge in [0.05, 0.1) is 6.61 Å². The van der Waals surface area contributed by atoms with Gasteiger partial charge < -0.3 is 4.74 Å². The van der Waals surface area contributed by atoms with Crippen molar-refractivity contribution in [1.29, 1.82) is 0 Å². The van der Waals surface area contributed by atoms with Crippen molar-refractivity contribution in [3.63, 3.8) is 0 Å². The highest BCUT2D eigenvalue weighted by Gasteiger charge is 2.18. The van der Waals surface area contributed by atoms with E-state index >= 15 is 0 Å². The summed E-state index contributed by atoms with van der Waals surface area (Å²) in [7, 11) is 0. The van der Waals surface area contributed by atoms with E-state index in [1.165, 1.54) is 12.4 Å². The van der Waals surface area contributed by atoms with Crippen molar-refractivity contribution in [1.82, 2.24) is 19.7 Å². The molecular formula is C12H14N4O4. The second-order valence-electron chi connectivity index (χ2n) is 4.00. The van der Waals surface area contributed by atoms with Crippen molar-refractivity contribution < 1.29 is 14.1 Å². The SMILES string of the molecule is CCCCOC(=O)Cn1c(-c2ncccn2)noc1=O. The zero-order chi connectivity index (χ0) is 14.4. The van der Waals surface area contributed by atoms with Crippen LogP contribution in [0.1, 0.15) is 19.8 Å². The Labute approximate surface area is 114 Å². The largest absolute Gasteiger partial charge is 0.464 e. The molecule has 0 aliphatic rings. The molecule has 0 saturated heterocycles. The number of hydrogen-bond acceptors (Lipinski definition) is 7. The molecule has 0 bridgehead atoms. The van der Waals surface area contributed by atoms with Crippen LogP contribution in [-0.2, 0) is 16.1 Å². The van der Waals surface area contributed by atoms with E-state index < -0.39 is 11.7 Å². The maximum absolute atomic E-state index is 11.6. The summed E-state index contributed by atoms with van der Waals surface area (Å²) in [6.45, 7) is 2.04. The normalized spacial score (nSPS) is 10.4. The number of nitrogens with zero attached hydrogens (tertiary/aromatic N) is 4. The second-order valence-corrected chi connectivity index (χ2v) is 4.00. The minimum Gasteiger partial charge on any atom is -0.464 e. The molecule has 0 saturated carbocycles. The van der Waals surface area contributed by atoms with Crippen LogP contribution in [0.3, 0.4) is 0 Å². The van der Waals surface area contributed by atoms with Gasteiger partial charge in [-0.2, -0.15) is 0 Å². The van der Waals surface area contributed by atoms with Gasteiger partial charge >= 0.3 is 11.7 Å². The molecule has 2 aromatic heterocycles. The van der Waals surface area contributed by atoms with Gasteiger partial charge in [0.2, 0.25) is 5.82 Å². The molecule has 0 aromatic carbocycles. The van der Waals surface area contributed by atoms with E-state index in [-0.39, 0.29) is 18.2 Å².